The number of hydrogen-bond donors (Lipinski definition) is 2. The third-order valence-electron chi connectivity index (χ3n) is 6.36. The van der Waals surface area contributed by atoms with Crippen molar-refractivity contribution in [3.05, 3.63) is 59.8 Å². The number of primary amides is 1. The van der Waals surface area contributed by atoms with E-state index in [-0.39, 0.29) is 0 Å². The molecular weight excluding hydrogens is 386 g/mol. The molecule has 6 nitrogen and oxygen atoms in total. The van der Waals surface area contributed by atoms with Crippen LogP contribution in [0.25, 0.3) is 16.6 Å². The number of hydrogen-bond acceptors (Lipinski definition) is 4. The summed E-state index contributed by atoms with van der Waals surface area (Å²) in [6.45, 7) is 4.36. The summed E-state index contributed by atoms with van der Waals surface area (Å²) in [5, 5.41) is 5.52. The van der Waals surface area contributed by atoms with Gasteiger partial charge in [0, 0.05) is 18.1 Å². The SMILES string of the molecule is NCCCCCCN1CCC[C@@H](c2ccc(-n3cc4cccc(C(N)=O)c4n3)cc2)C1. The number of benzene rings is 2. The highest BCUT2D eigenvalue weighted by atomic mass is 16.1. The number of fused-ring (bicyclic) bond motifs is 1. The van der Waals surface area contributed by atoms with Gasteiger partial charge < -0.3 is 16.4 Å². The van der Waals surface area contributed by atoms with Gasteiger partial charge in [-0.05, 0) is 75.0 Å². The molecule has 1 atom stereocenters. The van der Waals surface area contributed by atoms with Crippen molar-refractivity contribution in [2.45, 2.75) is 44.4 Å². The molecular formula is C25H33N5O. The van der Waals surface area contributed by atoms with E-state index in [2.05, 4.69) is 34.3 Å². The quantitative estimate of drug-likeness (QED) is 0.516. The highest BCUT2D eigenvalue weighted by Crippen LogP contribution is 2.28. The van der Waals surface area contributed by atoms with Crippen molar-refractivity contribution in [2.75, 3.05) is 26.2 Å². The summed E-state index contributed by atoms with van der Waals surface area (Å²) in [6.07, 6.45) is 9.40. The second-order valence-electron chi connectivity index (χ2n) is 8.62. The molecule has 3 aromatic rings. The number of unbranched alkanes of at least 4 members (excludes halogenated alkanes) is 3. The van der Waals surface area contributed by atoms with Crippen molar-refractivity contribution < 1.29 is 4.79 Å². The summed E-state index contributed by atoms with van der Waals surface area (Å²) in [5.41, 5.74) is 14.6. The number of aromatic nitrogens is 2. The van der Waals surface area contributed by atoms with Crippen LogP contribution >= 0.6 is 0 Å². The third kappa shape index (κ3) is 5.14. The molecule has 164 valence electrons. The topological polar surface area (TPSA) is 90.2 Å². The fourth-order valence-electron chi connectivity index (χ4n) is 4.64. The van der Waals surface area contributed by atoms with E-state index >= 15 is 0 Å². The van der Waals surface area contributed by atoms with Gasteiger partial charge in [0.25, 0.3) is 5.91 Å². The molecule has 0 spiro atoms. The summed E-state index contributed by atoms with van der Waals surface area (Å²) in [5.74, 6) is 0.137. The van der Waals surface area contributed by atoms with Crippen molar-refractivity contribution in [3.8, 4) is 5.69 Å². The maximum atomic E-state index is 11.7. The molecule has 4 N–H and O–H groups in total. The van der Waals surface area contributed by atoms with Crippen LogP contribution in [-0.2, 0) is 0 Å². The van der Waals surface area contributed by atoms with Gasteiger partial charge in [-0.25, -0.2) is 4.68 Å². The highest BCUT2D eigenvalue weighted by molar-refractivity contribution is 6.04. The molecule has 31 heavy (non-hydrogen) atoms. The van der Waals surface area contributed by atoms with E-state index in [0.29, 0.717) is 17.0 Å². The Bertz CT molecular complexity index is 1010. The number of carbonyl (C=O) groups is 1. The second kappa shape index (κ2) is 10.1. The van der Waals surface area contributed by atoms with Gasteiger partial charge in [0.1, 0.15) is 5.52 Å². The zero-order chi connectivity index (χ0) is 21.6. The predicted octanol–water partition coefficient (Wildman–Crippen LogP) is 3.82. The molecule has 6 heteroatoms. The number of amides is 1. The molecule has 1 fully saturated rings. The Morgan fingerprint density at radius 2 is 1.87 bits per heavy atom. The molecule has 1 saturated heterocycles. The van der Waals surface area contributed by atoms with E-state index in [9.17, 15) is 4.79 Å². The van der Waals surface area contributed by atoms with Crippen molar-refractivity contribution >= 4 is 16.8 Å². The fourth-order valence-corrected chi connectivity index (χ4v) is 4.64. The first kappa shape index (κ1) is 21.5. The van der Waals surface area contributed by atoms with Crippen LogP contribution < -0.4 is 11.5 Å². The van der Waals surface area contributed by atoms with Crippen LogP contribution in [0.3, 0.4) is 0 Å². The van der Waals surface area contributed by atoms with Crippen LogP contribution in [-0.4, -0.2) is 46.8 Å². The minimum Gasteiger partial charge on any atom is -0.366 e. The molecule has 0 aliphatic carbocycles. The van der Waals surface area contributed by atoms with E-state index in [1.165, 1.54) is 50.8 Å². The average molecular weight is 420 g/mol. The van der Waals surface area contributed by atoms with Gasteiger partial charge in [0.05, 0.1) is 11.3 Å². The van der Waals surface area contributed by atoms with E-state index in [1.807, 2.05) is 23.0 Å². The van der Waals surface area contributed by atoms with Gasteiger partial charge in [0.2, 0.25) is 0 Å². The van der Waals surface area contributed by atoms with Crippen molar-refractivity contribution in [3.63, 3.8) is 0 Å². The van der Waals surface area contributed by atoms with Gasteiger partial charge >= 0.3 is 0 Å². The number of nitrogens with zero attached hydrogens (tertiary/aromatic N) is 3. The molecule has 1 aromatic heterocycles. The normalized spacial score (nSPS) is 17.3. The van der Waals surface area contributed by atoms with Crippen LogP contribution in [0.1, 0.15) is 60.4 Å². The molecule has 1 aliphatic heterocycles. The van der Waals surface area contributed by atoms with E-state index in [4.69, 9.17) is 11.5 Å². The molecule has 0 bridgehead atoms. The lowest BCUT2D eigenvalue weighted by molar-refractivity contribution is 0.100. The lowest BCUT2D eigenvalue weighted by atomic mass is 9.90. The van der Waals surface area contributed by atoms with E-state index in [0.717, 1.165) is 30.6 Å². The highest BCUT2D eigenvalue weighted by Gasteiger charge is 2.21. The largest absolute Gasteiger partial charge is 0.366 e. The molecule has 1 aliphatic rings. The lowest BCUT2D eigenvalue weighted by Crippen LogP contribution is -2.35. The van der Waals surface area contributed by atoms with Crippen LogP contribution in [0, 0.1) is 0 Å². The van der Waals surface area contributed by atoms with Gasteiger partial charge in [-0.1, -0.05) is 37.1 Å². The van der Waals surface area contributed by atoms with Gasteiger partial charge in [-0.15, -0.1) is 0 Å². The first-order chi connectivity index (χ1) is 15.2. The first-order valence-corrected chi connectivity index (χ1v) is 11.5. The Morgan fingerprint density at radius 3 is 2.65 bits per heavy atom. The predicted molar refractivity (Wildman–Crippen MR) is 126 cm³/mol. The molecule has 2 heterocycles. The Morgan fingerprint density at radius 1 is 1.06 bits per heavy atom. The maximum absolute atomic E-state index is 11.7. The molecule has 0 unspecified atom stereocenters. The fraction of sp³-hybridized carbons (Fsp3) is 0.440. The summed E-state index contributed by atoms with van der Waals surface area (Å²) in [6, 6.07) is 14.2. The summed E-state index contributed by atoms with van der Waals surface area (Å²) < 4.78 is 1.83. The molecule has 0 saturated carbocycles. The smallest absolute Gasteiger partial charge is 0.250 e. The monoisotopic (exact) mass is 419 g/mol. The number of rotatable bonds is 9. The summed E-state index contributed by atoms with van der Waals surface area (Å²) in [7, 11) is 0. The molecule has 1 amide bonds. The van der Waals surface area contributed by atoms with Gasteiger partial charge in [-0.3, -0.25) is 4.79 Å². The summed E-state index contributed by atoms with van der Waals surface area (Å²) in [4.78, 5) is 14.3. The maximum Gasteiger partial charge on any atom is 0.250 e. The Hall–Kier alpha value is -2.70. The van der Waals surface area contributed by atoms with Crippen molar-refractivity contribution in [1.82, 2.24) is 14.7 Å². The molecule has 0 radical (unpaired) electrons. The Labute approximate surface area is 184 Å². The molecule has 2 aromatic carbocycles. The number of piperidine rings is 1. The van der Waals surface area contributed by atoms with Crippen LogP contribution in [0.2, 0.25) is 0 Å². The van der Waals surface area contributed by atoms with Crippen LogP contribution in [0.15, 0.2) is 48.7 Å². The minimum absolute atomic E-state index is 0.451. The zero-order valence-electron chi connectivity index (χ0n) is 18.2. The molecule has 4 rings (SSSR count). The number of carbonyl (C=O) groups excluding carboxylic acids is 1. The lowest BCUT2D eigenvalue weighted by Gasteiger charge is -2.33. The second-order valence-corrected chi connectivity index (χ2v) is 8.62. The zero-order valence-corrected chi connectivity index (χ0v) is 18.2. The Balaban J connectivity index is 1.42. The third-order valence-corrected chi connectivity index (χ3v) is 6.36. The van der Waals surface area contributed by atoms with Crippen LogP contribution in [0.4, 0.5) is 0 Å². The minimum atomic E-state index is -0.451. The number of nitrogens with two attached hydrogens (primary N) is 2. The first-order valence-electron chi connectivity index (χ1n) is 11.5. The standard InChI is InChI=1S/C25H33N5O/c26-14-3-1-2-4-15-29-16-6-8-20(17-29)19-10-12-22(13-11-19)30-18-21-7-5-9-23(25(27)31)24(21)28-30/h5,7,9-13,18,20H,1-4,6,8,14-17,26H2,(H2,27,31)/t20-/m1/s1. The Kier molecular flexibility index (Phi) is 6.99. The van der Waals surface area contributed by atoms with Gasteiger partial charge in [0.15, 0.2) is 0 Å². The van der Waals surface area contributed by atoms with E-state index < -0.39 is 5.91 Å². The van der Waals surface area contributed by atoms with Crippen LogP contribution in [0.5, 0.6) is 0 Å². The van der Waals surface area contributed by atoms with Gasteiger partial charge in [-0.2, -0.15) is 5.10 Å². The summed E-state index contributed by atoms with van der Waals surface area (Å²) >= 11 is 0. The van der Waals surface area contributed by atoms with E-state index in [1.54, 1.807) is 6.07 Å². The number of likely N-dealkylation sites (tertiary alicyclic amines) is 1. The van der Waals surface area contributed by atoms with Crippen molar-refractivity contribution in [2.24, 2.45) is 11.5 Å². The van der Waals surface area contributed by atoms with Crippen molar-refractivity contribution in [1.29, 1.82) is 0 Å². The average Bonchev–Trinajstić information content (AvgIpc) is 3.23.